The number of nitrogens with one attached hydrogen (secondary N) is 4. The van der Waals surface area contributed by atoms with Gasteiger partial charge in [0.15, 0.2) is 0 Å². The van der Waals surface area contributed by atoms with E-state index in [9.17, 15) is 33.9 Å². The number of hydrogen-bond acceptors (Lipinski definition) is 7. The Balaban J connectivity index is 2.31. The first kappa shape index (κ1) is 31.8. The predicted molar refractivity (Wildman–Crippen MR) is 144 cm³/mol. The summed E-state index contributed by atoms with van der Waals surface area (Å²) in [5, 5.41) is 26.5. The molecular weight excluding hydrogens is 524 g/mol. The maximum atomic E-state index is 13.4. The van der Waals surface area contributed by atoms with E-state index in [4.69, 9.17) is 16.6 Å². The van der Waals surface area contributed by atoms with Gasteiger partial charge in [0, 0.05) is 29.9 Å². The maximum Gasteiger partial charge on any atom is 0.326 e. The number of nitrogens with two attached hydrogens (primary N) is 2. The summed E-state index contributed by atoms with van der Waals surface area (Å²) in [6.07, 6.45) is 0.741. The molecule has 0 spiro atoms. The Bertz CT molecular complexity index is 1240. The number of amides is 4. The number of para-hydroxylation sites is 1. The van der Waals surface area contributed by atoms with Crippen molar-refractivity contribution in [3.63, 3.8) is 0 Å². The molecular formula is C26H36N6O8. The van der Waals surface area contributed by atoms with Crippen molar-refractivity contribution in [2.24, 2.45) is 17.4 Å². The zero-order valence-electron chi connectivity index (χ0n) is 22.3. The highest BCUT2D eigenvalue weighted by Crippen LogP contribution is 2.19. The van der Waals surface area contributed by atoms with E-state index in [0.717, 1.165) is 10.9 Å². The Morgan fingerprint density at radius 3 is 2.10 bits per heavy atom. The van der Waals surface area contributed by atoms with Gasteiger partial charge in [-0.1, -0.05) is 32.0 Å². The van der Waals surface area contributed by atoms with Crippen LogP contribution < -0.4 is 27.4 Å². The lowest BCUT2D eigenvalue weighted by molar-refractivity contribution is -0.147. The first-order chi connectivity index (χ1) is 18.8. The molecule has 1 aromatic heterocycles. The van der Waals surface area contributed by atoms with Crippen LogP contribution in [0.15, 0.2) is 30.5 Å². The van der Waals surface area contributed by atoms with Gasteiger partial charge in [0.2, 0.25) is 23.6 Å². The van der Waals surface area contributed by atoms with Crippen LogP contribution in [0.4, 0.5) is 0 Å². The molecule has 0 aliphatic rings. The number of primary amides is 1. The number of fused-ring (bicyclic) bond motifs is 1. The van der Waals surface area contributed by atoms with E-state index < -0.39 is 66.2 Å². The number of H-pyrrole nitrogens is 1. The molecule has 4 amide bonds. The van der Waals surface area contributed by atoms with E-state index >= 15 is 0 Å². The lowest BCUT2D eigenvalue weighted by atomic mass is 10.00. The molecule has 14 heteroatoms. The molecule has 1 aromatic carbocycles. The highest BCUT2D eigenvalue weighted by molar-refractivity contribution is 5.95. The molecule has 218 valence electrons. The van der Waals surface area contributed by atoms with Crippen LogP contribution in [0.5, 0.6) is 0 Å². The number of rotatable bonds is 16. The summed E-state index contributed by atoms with van der Waals surface area (Å²) in [5.41, 5.74) is 12.4. The minimum atomic E-state index is -1.73. The lowest BCUT2D eigenvalue weighted by Crippen LogP contribution is -2.58. The third-order valence-corrected chi connectivity index (χ3v) is 6.10. The molecule has 0 saturated carbocycles. The first-order valence-corrected chi connectivity index (χ1v) is 12.7. The van der Waals surface area contributed by atoms with Crippen LogP contribution in [0, 0.1) is 5.92 Å². The molecule has 0 saturated heterocycles. The van der Waals surface area contributed by atoms with E-state index in [1.165, 1.54) is 0 Å². The predicted octanol–water partition coefficient (Wildman–Crippen LogP) is -0.637. The molecule has 0 aliphatic heterocycles. The summed E-state index contributed by atoms with van der Waals surface area (Å²) in [5.74, 6) is -6.01. The van der Waals surface area contributed by atoms with Gasteiger partial charge in [-0.15, -0.1) is 0 Å². The van der Waals surface area contributed by atoms with Crippen LogP contribution in [0.2, 0.25) is 0 Å². The third kappa shape index (κ3) is 9.69. The quantitative estimate of drug-likeness (QED) is 0.130. The fraction of sp³-hybridized carbons (Fsp3) is 0.462. The van der Waals surface area contributed by atoms with Crippen LogP contribution in [0.1, 0.15) is 45.1 Å². The number of carboxylic acids is 2. The summed E-state index contributed by atoms with van der Waals surface area (Å²) >= 11 is 0. The van der Waals surface area contributed by atoms with Gasteiger partial charge in [-0.2, -0.15) is 0 Å². The number of benzene rings is 1. The average Bonchev–Trinajstić information content (AvgIpc) is 3.28. The normalized spacial score (nSPS) is 14.1. The average molecular weight is 561 g/mol. The van der Waals surface area contributed by atoms with Crippen LogP contribution >= 0.6 is 0 Å². The Kier molecular flexibility index (Phi) is 11.6. The van der Waals surface area contributed by atoms with Gasteiger partial charge < -0.3 is 42.6 Å². The topological polar surface area (TPSA) is 247 Å². The first-order valence-electron chi connectivity index (χ1n) is 12.7. The molecule has 2 rings (SSSR count). The number of carbonyl (C=O) groups is 6. The number of carboxylic acid groups (broad SMARTS) is 2. The van der Waals surface area contributed by atoms with Gasteiger partial charge >= 0.3 is 11.9 Å². The van der Waals surface area contributed by atoms with Crippen molar-refractivity contribution in [2.45, 2.75) is 70.1 Å². The van der Waals surface area contributed by atoms with Gasteiger partial charge in [0.1, 0.15) is 18.1 Å². The molecule has 40 heavy (non-hydrogen) atoms. The fourth-order valence-electron chi connectivity index (χ4n) is 4.06. The molecule has 0 radical (unpaired) electrons. The summed E-state index contributed by atoms with van der Waals surface area (Å²) in [6.45, 7) is 3.64. The summed E-state index contributed by atoms with van der Waals surface area (Å²) in [6, 6.07) is 1.95. The molecule has 0 bridgehead atoms. The third-order valence-electron chi connectivity index (χ3n) is 6.10. The van der Waals surface area contributed by atoms with E-state index in [-0.39, 0.29) is 31.6 Å². The monoisotopic (exact) mass is 560 g/mol. The van der Waals surface area contributed by atoms with Crippen LogP contribution in [0.3, 0.4) is 0 Å². The molecule has 14 nitrogen and oxygen atoms in total. The second-order valence-electron chi connectivity index (χ2n) is 9.92. The van der Waals surface area contributed by atoms with Crippen molar-refractivity contribution in [1.29, 1.82) is 0 Å². The summed E-state index contributed by atoms with van der Waals surface area (Å²) in [4.78, 5) is 76.0. The highest BCUT2D eigenvalue weighted by atomic mass is 16.4. The molecule has 4 atom stereocenters. The minimum absolute atomic E-state index is 0.0249. The van der Waals surface area contributed by atoms with Gasteiger partial charge in [-0.25, -0.2) is 4.79 Å². The molecule has 2 aromatic rings. The van der Waals surface area contributed by atoms with Gasteiger partial charge in [0.25, 0.3) is 0 Å². The highest BCUT2D eigenvalue weighted by Gasteiger charge is 2.32. The van der Waals surface area contributed by atoms with E-state index in [1.54, 1.807) is 18.3 Å². The number of aliphatic carboxylic acids is 2. The molecule has 0 fully saturated rings. The van der Waals surface area contributed by atoms with Crippen molar-refractivity contribution in [3.05, 3.63) is 36.0 Å². The van der Waals surface area contributed by atoms with Gasteiger partial charge in [-0.3, -0.25) is 24.0 Å². The van der Waals surface area contributed by atoms with Crippen molar-refractivity contribution < 1.29 is 39.0 Å². The van der Waals surface area contributed by atoms with Crippen LogP contribution in [-0.4, -0.2) is 74.9 Å². The molecule has 1 heterocycles. The van der Waals surface area contributed by atoms with Crippen LogP contribution in [0.25, 0.3) is 10.9 Å². The SMILES string of the molecule is CC(C)CC(NC(=O)C(N)CCC(N)=O)C(=O)NC(Cc1c[nH]c2ccccc12)C(=O)NC(CC(=O)O)C(=O)O. The van der Waals surface area contributed by atoms with Crippen molar-refractivity contribution in [1.82, 2.24) is 20.9 Å². The molecule has 10 N–H and O–H groups in total. The van der Waals surface area contributed by atoms with Crippen LogP contribution in [-0.2, 0) is 35.2 Å². The van der Waals surface area contributed by atoms with E-state index in [2.05, 4.69) is 20.9 Å². The van der Waals surface area contributed by atoms with Crippen molar-refractivity contribution in [2.75, 3.05) is 0 Å². The van der Waals surface area contributed by atoms with E-state index in [0.29, 0.717) is 5.56 Å². The van der Waals surface area contributed by atoms with E-state index in [1.807, 2.05) is 26.0 Å². The summed E-state index contributed by atoms with van der Waals surface area (Å²) in [7, 11) is 0. The number of carbonyl (C=O) groups excluding carboxylic acids is 4. The zero-order chi connectivity index (χ0) is 30.0. The molecule has 4 unspecified atom stereocenters. The smallest absolute Gasteiger partial charge is 0.326 e. The Hall–Kier alpha value is -4.46. The van der Waals surface area contributed by atoms with Crippen molar-refractivity contribution >= 4 is 46.5 Å². The second kappa shape index (κ2) is 14.6. The Morgan fingerprint density at radius 2 is 1.50 bits per heavy atom. The fourth-order valence-corrected chi connectivity index (χ4v) is 4.06. The Morgan fingerprint density at radius 1 is 0.900 bits per heavy atom. The van der Waals surface area contributed by atoms with Gasteiger partial charge in [0.05, 0.1) is 12.5 Å². The number of aromatic amines is 1. The number of hydrogen-bond donors (Lipinski definition) is 8. The largest absolute Gasteiger partial charge is 0.481 e. The minimum Gasteiger partial charge on any atom is -0.481 e. The number of aromatic nitrogens is 1. The summed E-state index contributed by atoms with van der Waals surface area (Å²) < 4.78 is 0. The van der Waals surface area contributed by atoms with Crippen molar-refractivity contribution in [3.8, 4) is 0 Å². The van der Waals surface area contributed by atoms with Gasteiger partial charge in [-0.05, 0) is 30.4 Å². The maximum absolute atomic E-state index is 13.4. The molecule has 0 aliphatic carbocycles. The zero-order valence-corrected chi connectivity index (χ0v) is 22.3. The standard InChI is InChI=1S/C26H36N6O8/c1-13(2)9-18(30-23(36)16(27)7-8-21(28)33)24(37)31-19(25(38)32-20(26(39)40)11-22(34)35)10-14-12-29-17-6-4-3-5-15(14)17/h3-6,12-13,16,18-20,29H,7-11,27H2,1-2H3,(H2,28,33)(H,30,36)(H,31,37)(H,32,38)(H,34,35)(H,39,40). The lowest BCUT2D eigenvalue weighted by Gasteiger charge is -2.26. The second-order valence-corrected chi connectivity index (χ2v) is 9.92. The Labute approximate surface area is 230 Å².